The summed E-state index contributed by atoms with van der Waals surface area (Å²) in [5.41, 5.74) is 2.77. The van der Waals surface area contributed by atoms with E-state index < -0.39 is 0 Å². The van der Waals surface area contributed by atoms with Crippen molar-refractivity contribution in [3.05, 3.63) is 65.2 Å². The van der Waals surface area contributed by atoms with Crippen LogP contribution in [-0.4, -0.2) is 13.0 Å². The van der Waals surface area contributed by atoms with Crippen LogP contribution in [0.1, 0.15) is 21.5 Å². The maximum absolute atomic E-state index is 12.4. The number of hydrogen-bond donors (Lipinski definition) is 0. The van der Waals surface area contributed by atoms with E-state index in [0.717, 1.165) is 5.56 Å². The van der Waals surface area contributed by atoms with Gasteiger partial charge in [0.05, 0.1) is 11.6 Å². The van der Waals surface area contributed by atoms with E-state index in [9.17, 15) is 4.79 Å². The van der Waals surface area contributed by atoms with Crippen LogP contribution in [-0.2, 0) is 5.88 Å². The van der Waals surface area contributed by atoms with E-state index in [2.05, 4.69) is 6.07 Å². The van der Waals surface area contributed by atoms with Crippen LogP contribution in [0.3, 0.4) is 0 Å². The molecule has 1 amide bonds. The predicted octanol–water partition coefficient (Wildman–Crippen LogP) is 3.57. The van der Waals surface area contributed by atoms with Crippen molar-refractivity contribution >= 4 is 23.2 Å². The molecule has 0 saturated heterocycles. The third-order valence-corrected chi connectivity index (χ3v) is 3.33. The molecule has 0 aliphatic rings. The molecule has 0 saturated carbocycles. The van der Waals surface area contributed by atoms with E-state index in [1.54, 1.807) is 43.4 Å². The van der Waals surface area contributed by atoms with Gasteiger partial charge in [-0.2, -0.15) is 5.26 Å². The highest BCUT2D eigenvalue weighted by molar-refractivity contribution is 6.17. The lowest BCUT2D eigenvalue weighted by Crippen LogP contribution is -2.26. The number of nitriles is 1. The predicted molar refractivity (Wildman–Crippen MR) is 79.9 cm³/mol. The van der Waals surface area contributed by atoms with Crippen molar-refractivity contribution in [2.45, 2.75) is 5.88 Å². The molecule has 0 bridgehead atoms. The third-order valence-electron chi connectivity index (χ3n) is 3.02. The summed E-state index contributed by atoms with van der Waals surface area (Å²) < 4.78 is 0. The zero-order valence-electron chi connectivity index (χ0n) is 11.0. The molecule has 2 aromatic carbocycles. The Labute approximate surface area is 123 Å². The lowest BCUT2D eigenvalue weighted by atomic mass is 10.1. The summed E-state index contributed by atoms with van der Waals surface area (Å²) in [6.07, 6.45) is 0. The lowest BCUT2D eigenvalue weighted by Gasteiger charge is -2.17. The normalized spacial score (nSPS) is 9.85. The third kappa shape index (κ3) is 2.98. The fraction of sp³-hybridized carbons (Fsp3) is 0.125. The van der Waals surface area contributed by atoms with Gasteiger partial charge in [-0.05, 0) is 35.9 Å². The molecule has 0 heterocycles. The Kier molecular flexibility index (Phi) is 4.39. The van der Waals surface area contributed by atoms with Gasteiger partial charge in [-0.3, -0.25) is 4.79 Å². The van der Waals surface area contributed by atoms with Gasteiger partial charge >= 0.3 is 0 Å². The van der Waals surface area contributed by atoms with Gasteiger partial charge in [-0.1, -0.05) is 18.2 Å². The van der Waals surface area contributed by atoms with Crippen LogP contribution in [0.4, 0.5) is 5.69 Å². The fourth-order valence-electron chi connectivity index (χ4n) is 1.83. The summed E-state index contributed by atoms with van der Waals surface area (Å²) in [6.45, 7) is 0. The first-order valence-corrected chi connectivity index (χ1v) is 6.62. The van der Waals surface area contributed by atoms with Crippen LogP contribution in [0.2, 0.25) is 0 Å². The number of alkyl halides is 1. The summed E-state index contributed by atoms with van der Waals surface area (Å²) in [6, 6.07) is 16.2. The quantitative estimate of drug-likeness (QED) is 0.809. The molecule has 0 aliphatic carbocycles. The van der Waals surface area contributed by atoms with Gasteiger partial charge in [0, 0.05) is 24.2 Å². The summed E-state index contributed by atoms with van der Waals surface area (Å²) in [5.74, 6) is 0.301. The highest BCUT2D eigenvalue weighted by Crippen LogP contribution is 2.17. The molecule has 0 atom stereocenters. The number of halogens is 1. The number of carbonyl (C=O) groups excluding carboxylic acids is 1. The smallest absolute Gasteiger partial charge is 0.258 e. The highest BCUT2D eigenvalue weighted by Gasteiger charge is 2.13. The molecule has 4 heteroatoms. The maximum atomic E-state index is 12.4. The minimum Gasteiger partial charge on any atom is -0.311 e. The summed E-state index contributed by atoms with van der Waals surface area (Å²) in [4.78, 5) is 13.9. The Bertz CT molecular complexity index is 659. The van der Waals surface area contributed by atoms with Crippen LogP contribution in [0.5, 0.6) is 0 Å². The minimum absolute atomic E-state index is 0.124. The Balaban J connectivity index is 2.25. The maximum Gasteiger partial charge on any atom is 0.258 e. The molecule has 2 aromatic rings. The largest absolute Gasteiger partial charge is 0.311 e. The van der Waals surface area contributed by atoms with Gasteiger partial charge in [0.15, 0.2) is 0 Å². The molecule has 0 radical (unpaired) electrons. The molecule has 3 nitrogen and oxygen atoms in total. The van der Waals surface area contributed by atoms with Crippen LogP contribution < -0.4 is 4.90 Å². The zero-order chi connectivity index (χ0) is 14.5. The Morgan fingerprint density at radius 1 is 1.25 bits per heavy atom. The van der Waals surface area contributed by atoms with Gasteiger partial charge in [0.2, 0.25) is 0 Å². The molecule has 0 unspecified atom stereocenters. The van der Waals surface area contributed by atoms with Gasteiger partial charge in [-0.25, -0.2) is 0 Å². The van der Waals surface area contributed by atoms with E-state index in [0.29, 0.717) is 22.7 Å². The van der Waals surface area contributed by atoms with Crippen LogP contribution in [0.25, 0.3) is 0 Å². The van der Waals surface area contributed by atoms with E-state index in [-0.39, 0.29) is 5.91 Å². The Hall–Kier alpha value is -2.31. The van der Waals surface area contributed by atoms with E-state index >= 15 is 0 Å². The molecular weight excluding hydrogens is 272 g/mol. The SMILES string of the molecule is CN(C(=O)c1ccc(CCl)cc1)c1cccc(C#N)c1. The lowest BCUT2D eigenvalue weighted by molar-refractivity contribution is 0.0993. The van der Waals surface area contributed by atoms with Crippen molar-refractivity contribution in [2.75, 3.05) is 11.9 Å². The monoisotopic (exact) mass is 284 g/mol. The molecule has 20 heavy (non-hydrogen) atoms. The van der Waals surface area contributed by atoms with E-state index in [1.807, 2.05) is 12.1 Å². The number of rotatable bonds is 3. The minimum atomic E-state index is -0.124. The first kappa shape index (κ1) is 14.1. The van der Waals surface area contributed by atoms with Crippen LogP contribution in [0.15, 0.2) is 48.5 Å². The average molecular weight is 285 g/mol. The van der Waals surface area contributed by atoms with Gasteiger partial charge in [0.25, 0.3) is 5.91 Å². The highest BCUT2D eigenvalue weighted by atomic mass is 35.5. The van der Waals surface area contributed by atoms with Gasteiger partial charge in [-0.15, -0.1) is 11.6 Å². The number of benzene rings is 2. The molecule has 2 rings (SSSR count). The zero-order valence-corrected chi connectivity index (χ0v) is 11.8. The van der Waals surface area contributed by atoms with Gasteiger partial charge < -0.3 is 4.90 Å². The Morgan fingerprint density at radius 2 is 1.95 bits per heavy atom. The number of anilines is 1. The number of nitrogens with zero attached hydrogens (tertiary/aromatic N) is 2. The fourth-order valence-corrected chi connectivity index (χ4v) is 2.01. The first-order chi connectivity index (χ1) is 9.65. The number of carbonyl (C=O) groups is 1. The summed E-state index contributed by atoms with van der Waals surface area (Å²) >= 11 is 5.72. The topological polar surface area (TPSA) is 44.1 Å². The average Bonchev–Trinajstić information content (AvgIpc) is 2.53. The molecule has 0 fully saturated rings. The molecule has 0 aliphatic heterocycles. The van der Waals surface area contributed by atoms with Gasteiger partial charge in [0.1, 0.15) is 0 Å². The van der Waals surface area contributed by atoms with Crippen molar-refractivity contribution in [1.29, 1.82) is 5.26 Å². The van der Waals surface area contributed by atoms with Crippen molar-refractivity contribution in [3.63, 3.8) is 0 Å². The number of hydrogen-bond acceptors (Lipinski definition) is 2. The first-order valence-electron chi connectivity index (χ1n) is 6.09. The molecule has 0 N–H and O–H groups in total. The Morgan fingerprint density at radius 3 is 2.55 bits per heavy atom. The molecular formula is C16H13ClN2O. The second-order valence-electron chi connectivity index (χ2n) is 4.36. The van der Waals surface area contributed by atoms with Crippen LogP contribution in [0, 0.1) is 11.3 Å². The van der Waals surface area contributed by atoms with E-state index in [1.165, 1.54) is 4.90 Å². The molecule has 100 valence electrons. The van der Waals surface area contributed by atoms with Crippen molar-refractivity contribution < 1.29 is 4.79 Å². The number of amides is 1. The molecule has 0 aromatic heterocycles. The second-order valence-corrected chi connectivity index (χ2v) is 4.62. The van der Waals surface area contributed by atoms with E-state index in [4.69, 9.17) is 16.9 Å². The van der Waals surface area contributed by atoms with Crippen molar-refractivity contribution in [2.24, 2.45) is 0 Å². The summed E-state index contributed by atoms with van der Waals surface area (Å²) in [7, 11) is 1.69. The summed E-state index contributed by atoms with van der Waals surface area (Å²) in [5, 5.41) is 8.89. The van der Waals surface area contributed by atoms with Crippen molar-refractivity contribution in [1.82, 2.24) is 0 Å². The molecule has 0 spiro atoms. The second kappa shape index (κ2) is 6.23. The standard InChI is InChI=1S/C16H13ClN2O/c1-19(15-4-2-3-13(9-15)11-18)16(20)14-7-5-12(10-17)6-8-14/h2-9H,10H2,1H3. The van der Waals surface area contributed by atoms with Crippen LogP contribution >= 0.6 is 11.6 Å². The van der Waals surface area contributed by atoms with Crippen molar-refractivity contribution in [3.8, 4) is 6.07 Å².